The minimum absolute atomic E-state index is 0.114. The number of carbonyl (C=O) groups is 3. The number of nitrogens with zero attached hydrogens (tertiary/aromatic N) is 2. The Morgan fingerprint density at radius 3 is 2.58 bits per heavy atom. The van der Waals surface area contributed by atoms with Crippen LogP contribution >= 0.6 is 15.9 Å². The summed E-state index contributed by atoms with van der Waals surface area (Å²) < 4.78 is 7.86. The van der Waals surface area contributed by atoms with Crippen molar-refractivity contribution in [3.8, 4) is 0 Å². The summed E-state index contributed by atoms with van der Waals surface area (Å²) in [6.45, 7) is 6.10. The molecule has 188 valence electrons. The van der Waals surface area contributed by atoms with Crippen LogP contribution in [0.25, 0.3) is 5.76 Å². The van der Waals surface area contributed by atoms with Gasteiger partial charge in [-0.2, -0.15) is 0 Å². The maximum Gasteiger partial charge on any atom is 0.355 e. The lowest BCUT2D eigenvalue weighted by Gasteiger charge is -2.27. The number of benzene rings is 1. The van der Waals surface area contributed by atoms with Crippen LogP contribution in [0.4, 0.5) is 0 Å². The number of likely N-dealkylation sites (tertiary alicyclic amines) is 1. The molecule has 3 heterocycles. The highest BCUT2D eigenvalue weighted by Gasteiger charge is 2.44. The number of esters is 1. The molecule has 1 atom stereocenters. The number of aryl methyl sites for hydroxylation is 2. The maximum absolute atomic E-state index is 13.9. The topological polar surface area (TPSA) is 122 Å². The molecule has 1 unspecified atom stereocenters. The number of nitrogens with one attached hydrogen (secondary N) is 2. The zero-order chi connectivity index (χ0) is 26.0. The fourth-order valence-electron chi connectivity index (χ4n) is 4.61. The van der Waals surface area contributed by atoms with Gasteiger partial charge in [0.1, 0.15) is 18.1 Å². The van der Waals surface area contributed by atoms with E-state index in [4.69, 9.17) is 4.74 Å². The minimum atomic E-state index is -0.832. The van der Waals surface area contributed by atoms with Gasteiger partial charge in [0.05, 0.1) is 19.2 Å². The number of ether oxygens (including phenoxy) is 1. The first-order chi connectivity index (χ1) is 17.2. The fraction of sp³-hybridized carbons (Fsp3) is 0.308. The van der Waals surface area contributed by atoms with Gasteiger partial charge in [0.25, 0.3) is 5.91 Å². The quantitative estimate of drug-likeness (QED) is 0.146. The Balaban J connectivity index is 1.78. The summed E-state index contributed by atoms with van der Waals surface area (Å²) in [5, 5.41) is 13.9. The summed E-state index contributed by atoms with van der Waals surface area (Å²) in [5.41, 5.74) is 1.74. The van der Waals surface area contributed by atoms with E-state index in [-0.39, 0.29) is 23.4 Å². The predicted molar refractivity (Wildman–Crippen MR) is 132 cm³/mol. The molecule has 1 amide bonds. The smallest absolute Gasteiger partial charge is 0.355 e. The first-order valence-corrected chi connectivity index (χ1v) is 12.4. The molecule has 0 saturated carbocycles. The number of carbonyl (C=O) groups excluding carboxylic acids is 3. The number of H-pyrrole nitrogens is 2. The molecule has 1 fully saturated rings. The van der Waals surface area contributed by atoms with Crippen molar-refractivity contribution in [3.05, 3.63) is 81.1 Å². The van der Waals surface area contributed by atoms with Gasteiger partial charge in [-0.15, -0.1) is 0 Å². The molecule has 10 heteroatoms. The highest BCUT2D eigenvalue weighted by Crippen LogP contribution is 2.40. The highest BCUT2D eigenvalue weighted by atomic mass is 79.9. The Bertz CT molecular complexity index is 1330. The SMILES string of the molecule is CCOC(=O)c1[nH]c(C)c(/C([O-])=C2\C(=O)C(=O)N(CCC[n+]3cc[nH]c3)C2c2ccc(Br)cc2)c1C. The Morgan fingerprint density at radius 2 is 1.94 bits per heavy atom. The summed E-state index contributed by atoms with van der Waals surface area (Å²) in [5.74, 6) is -2.67. The molecule has 1 aromatic carbocycles. The van der Waals surface area contributed by atoms with E-state index >= 15 is 0 Å². The molecule has 36 heavy (non-hydrogen) atoms. The van der Waals surface area contributed by atoms with Gasteiger partial charge in [0.2, 0.25) is 12.1 Å². The summed E-state index contributed by atoms with van der Waals surface area (Å²) in [6, 6.07) is 6.38. The summed E-state index contributed by atoms with van der Waals surface area (Å²) in [4.78, 5) is 46.2. The number of aromatic nitrogens is 3. The monoisotopic (exact) mass is 554 g/mol. The minimum Gasteiger partial charge on any atom is -0.872 e. The standard InChI is InChI=1S/C26H27BrN4O5/c1-4-36-26(35)21-15(2)19(16(3)29-21)23(32)20-22(17-6-8-18(27)9-7-17)31(25(34)24(20)33)12-5-11-30-13-10-28-14-30/h6-10,13-14,22H,4-5,11-12H2,1-3H3,(H2,29,32,33,35). The second-order valence-electron chi connectivity index (χ2n) is 8.57. The predicted octanol–water partition coefficient (Wildman–Crippen LogP) is 2.50. The van der Waals surface area contributed by atoms with E-state index in [9.17, 15) is 19.5 Å². The van der Waals surface area contributed by atoms with Gasteiger partial charge in [-0.1, -0.05) is 33.8 Å². The Kier molecular flexibility index (Phi) is 7.44. The lowest BCUT2D eigenvalue weighted by Crippen LogP contribution is -2.36. The van der Waals surface area contributed by atoms with Crippen molar-refractivity contribution >= 4 is 39.3 Å². The van der Waals surface area contributed by atoms with Crippen molar-refractivity contribution < 1.29 is 28.8 Å². The number of ketones is 1. The Hall–Kier alpha value is -3.66. The number of aromatic amines is 2. The summed E-state index contributed by atoms with van der Waals surface area (Å²) >= 11 is 3.41. The number of imidazole rings is 1. The zero-order valence-electron chi connectivity index (χ0n) is 20.3. The molecule has 2 aromatic heterocycles. The average Bonchev–Trinajstić information content (AvgIpc) is 3.53. The number of amides is 1. The van der Waals surface area contributed by atoms with Gasteiger partial charge < -0.3 is 19.7 Å². The van der Waals surface area contributed by atoms with Crippen LogP contribution in [0.1, 0.15) is 52.3 Å². The van der Waals surface area contributed by atoms with E-state index in [1.807, 2.05) is 29.2 Å². The largest absolute Gasteiger partial charge is 0.872 e. The van der Waals surface area contributed by atoms with Crippen LogP contribution in [0.3, 0.4) is 0 Å². The van der Waals surface area contributed by atoms with Crippen LogP contribution in [-0.4, -0.2) is 45.7 Å². The molecule has 1 aliphatic heterocycles. The molecule has 4 rings (SSSR count). The van der Waals surface area contributed by atoms with Gasteiger partial charge in [0.15, 0.2) is 0 Å². The van der Waals surface area contributed by atoms with Gasteiger partial charge in [-0.3, -0.25) is 14.6 Å². The molecule has 0 aliphatic carbocycles. The molecule has 0 radical (unpaired) electrons. The van der Waals surface area contributed by atoms with Crippen LogP contribution < -0.4 is 9.67 Å². The third kappa shape index (κ3) is 4.73. The summed E-state index contributed by atoms with van der Waals surface area (Å²) in [6.07, 6.45) is 6.07. The third-order valence-electron chi connectivity index (χ3n) is 6.28. The molecule has 3 aromatic rings. The molecule has 0 bridgehead atoms. The maximum atomic E-state index is 13.9. The van der Waals surface area contributed by atoms with Gasteiger partial charge in [-0.25, -0.2) is 9.36 Å². The van der Waals surface area contributed by atoms with Gasteiger partial charge in [0, 0.05) is 28.7 Å². The molecule has 9 nitrogen and oxygen atoms in total. The number of rotatable bonds is 8. The zero-order valence-corrected chi connectivity index (χ0v) is 21.8. The van der Waals surface area contributed by atoms with Gasteiger partial charge in [-0.05, 0) is 49.6 Å². The number of hydrogen-bond acceptors (Lipinski definition) is 5. The number of hydrogen-bond donors (Lipinski definition) is 2. The van der Waals surface area contributed by atoms with E-state index < -0.39 is 29.5 Å². The Morgan fingerprint density at radius 1 is 1.22 bits per heavy atom. The number of Topliss-reactive ketones (excluding diaryl/α,β-unsaturated/α-hetero) is 1. The third-order valence-corrected chi connectivity index (χ3v) is 6.81. The Labute approximate surface area is 216 Å². The van der Waals surface area contributed by atoms with Crippen LogP contribution in [-0.2, 0) is 20.9 Å². The van der Waals surface area contributed by atoms with E-state index in [0.29, 0.717) is 36.3 Å². The molecular weight excluding hydrogens is 528 g/mol. The van der Waals surface area contributed by atoms with Crippen molar-refractivity contribution in [2.24, 2.45) is 0 Å². The first-order valence-electron chi connectivity index (χ1n) is 11.6. The van der Waals surface area contributed by atoms with Gasteiger partial charge >= 0.3 is 5.97 Å². The molecular formula is C26H27BrN4O5. The number of halogens is 1. The van der Waals surface area contributed by atoms with Crippen LogP contribution in [0.2, 0.25) is 0 Å². The van der Waals surface area contributed by atoms with E-state index in [0.717, 1.165) is 4.47 Å². The molecule has 2 N–H and O–H groups in total. The van der Waals surface area contributed by atoms with Crippen molar-refractivity contribution in [2.45, 2.75) is 39.8 Å². The highest BCUT2D eigenvalue weighted by molar-refractivity contribution is 9.10. The molecule has 1 saturated heterocycles. The van der Waals surface area contributed by atoms with Crippen molar-refractivity contribution in [1.29, 1.82) is 0 Å². The van der Waals surface area contributed by atoms with E-state index in [1.54, 1.807) is 39.1 Å². The van der Waals surface area contributed by atoms with Crippen molar-refractivity contribution in [2.75, 3.05) is 13.2 Å². The second-order valence-corrected chi connectivity index (χ2v) is 9.49. The second kappa shape index (κ2) is 10.5. The lowest BCUT2D eigenvalue weighted by atomic mass is 9.94. The normalized spacial score (nSPS) is 17.1. The average molecular weight is 555 g/mol. The van der Waals surface area contributed by atoms with E-state index in [1.165, 1.54) is 4.90 Å². The van der Waals surface area contributed by atoms with Crippen LogP contribution in [0.15, 0.2) is 53.0 Å². The van der Waals surface area contributed by atoms with Crippen molar-refractivity contribution in [3.63, 3.8) is 0 Å². The van der Waals surface area contributed by atoms with E-state index in [2.05, 4.69) is 25.9 Å². The fourth-order valence-corrected chi connectivity index (χ4v) is 4.87. The molecule has 1 aliphatic rings. The molecule has 0 spiro atoms. The van der Waals surface area contributed by atoms with Crippen molar-refractivity contribution in [1.82, 2.24) is 14.9 Å². The first kappa shape index (κ1) is 25.4. The summed E-state index contributed by atoms with van der Waals surface area (Å²) in [7, 11) is 0. The van der Waals surface area contributed by atoms with Crippen LogP contribution in [0.5, 0.6) is 0 Å². The van der Waals surface area contributed by atoms with Crippen LogP contribution in [0, 0.1) is 13.8 Å². The lowest BCUT2D eigenvalue weighted by molar-refractivity contribution is -0.695.